The van der Waals surface area contributed by atoms with Gasteiger partial charge >= 0.3 is 6.09 Å². The lowest BCUT2D eigenvalue weighted by Crippen LogP contribution is -2.47. The van der Waals surface area contributed by atoms with Crippen molar-refractivity contribution in [3.05, 3.63) is 35.4 Å². The predicted molar refractivity (Wildman–Crippen MR) is 80.8 cm³/mol. The average molecular weight is 304 g/mol. The van der Waals surface area contributed by atoms with Crippen molar-refractivity contribution in [1.29, 1.82) is 0 Å². The fourth-order valence-corrected chi connectivity index (χ4v) is 3.09. The van der Waals surface area contributed by atoms with Gasteiger partial charge in [0.25, 0.3) is 0 Å². The fraction of sp³-hybridized carbons (Fsp3) is 0.438. The van der Waals surface area contributed by atoms with Gasteiger partial charge in [-0.2, -0.15) is 0 Å². The van der Waals surface area contributed by atoms with Crippen LogP contribution in [0.25, 0.3) is 0 Å². The van der Waals surface area contributed by atoms with Crippen molar-refractivity contribution in [2.45, 2.75) is 31.6 Å². The van der Waals surface area contributed by atoms with E-state index in [-0.39, 0.29) is 25.2 Å². The highest BCUT2D eigenvalue weighted by molar-refractivity contribution is 6.03. The fourth-order valence-electron chi connectivity index (χ4n) is 3.09. The molecule has 0 radical (unpaired) electrons. The number of nitrogens with two attached hydrogens (primary N) is 1. The second-order valence-electron chi connectivity index (χ2n) is 5.53. The van der Waals surface area contributed by atoms with Gasteiger partial charge in [-0.1, -0.05) is 24.3 Å². The molecule has 1 aliphatic carbocycles. The number of carbonyl (C=O) groups excluding carboxylic acids is 2. The van der Waals surface area contributed by atoms with Crippen LogP contribution in [0.4, 0.5) is 4.79 Å². The number of rotatable bonds is 5. The zero-order valence-corrected chi connectivity index (χ0v) is 12.5. The van der Waals surface area contributed by atoms with Crippen molar-refractivity contribution in [2.24, 2.45) is 5.73 Å². The summed E-state index contributed by atoms with van der Waals surface area (Å²) < 4.78 is 0. The molecule has 118 valence electrons. The van der Waals surface area contributed by atoms with Crippen LogP contribution in [0.15, 0.2) is 24.3 Å². The van der Waals surface area contributed by atoms with Crippen LogP contribution in [0.3, 0.4) is 0 Å². The molecule has 1 aliphatic rings. The van der Waals surface area contributed by atoms with E-state index in [2.05, 4.69) is 0 Å². The van der Waals surface area contributed by atoms with E-state index in [0.29, 0.717) is 24.1 Å². The Labute approximate surface area is 128 Å². The normalized spacial score (nSPS) is 20.3. The first kappa shape index (κ1) is 16.0. The molecule has 1 unspecified atom stereocenters. The number of benzene rings is 1. The van der Waals surface area contributed by atoms with E-state index in [9.17, 15) is 14.4 Å². The summed E-state index contributed by atoms with van der Waals surface area (Å²) in [6, 6.07) is 6.96. The van der Waals surface area contributed by atoms with Crippen molar-refractivity contribution in [2.75, 3.05) is 13.1 Å². The molecule has 0 aliphatic heterocycles. The van der Waals surface area contributed by atoms with Gasteiger partial charge in [-0.05, 0) is 25.3 Å². The molecule has 6 heteroatoms. The SMILES string of the molecule is CCN(CCC1(C(N)=O)CCC(=O)c2ccccc21)C(=O)O. The van der Waals surface area contributed by atoms with Gasteiger partial charge in [-0.3, -0.25) is 9.59 Å². The van der Waals surface area contributed by atoms with Crippen molar-refractivity contribution in [3.63, 3.8) is 0 Å². The zero-order valence-electron chi connectivity index (χ0n) is 12.5. The van der Waals surface area contributed by atoms with Gasteiger partial charge < -0.3 is 15.7 Å². The first-order chi connectivity index (χ1) is 10.4. The van der Waals surface area contributed by atoms with Crippen LogP contribution in [-0.2, 0) is 10.2 Å². The number of ketones is 1. The standard InChI is InChI=1S/C16H20N2O4/c1-2-18(15(21)22)10-9-16(14(17)20)8-7-13(19)11-5-3-4-6-12(11)16/h3-6H,2,7-10H2,1H3,(H2,17,20)(H,21,22). The summed E-state index contributed by atoms with van der Waals surface area (Å²) in [4.78, 5) is 36.6. The number of hydrogen-bond acceptors (Lipinski definition) is 3. The molecule has 1 aromatic carbocycles. The van der Waals surface area contributed by atoms with Crippen molar-refractivity contribution >= 4 is 17.8 Å². The Morgan fingerprint density at radius 2 is 2.05 bits per heavy atom. The largest absolute Gasteiger partial charge is 0.465 e. The van der Waals surface area contributed by atoms with E-state index in [4.69, 9.17) is 10.8 Å². The van der Waals surface area contributed by atoms with Crippen molar-refractivity contribution in [3.8, 4) is 0 Å². The van der Waals surface area contributed by atoms with Gasteiger partial charge in [-0.25, -0.2) is 4.79 Å². The highest BCUT2D eigenvalue weighted by Gasteiger charge is 2.44. The summed E-state index contributed by atoms with van der Waals surface area (Å²) in [5.41, 5.74) is 5.82. The summed E-state index contributed by atoms with van der Waals surface area (Å²) in [7, 11) is 0. The van der Waals surface area contributed by atoms with Gasteiger partial charge in [0, 0.05) is 25.1 Å². The molecule has 0 fully saturated rings. The summed E-state index contributed by atoms with van der Waals surface area (Å²) in [6.45, 7) is 2.28. The number of carboxylic acid groups (broad SMARTS) is 1. The molecule has 0 saturated carbocycles. The van der Waals surface area contributed by atoms with E-state index >= 15 is 0 Å². The van der Waals surface area contributed by atoms with Crippen LogP contribution in [0.5, 0.6) is 0 Å². The summed E-state index contributed by atoms with van der Waals surface area (Å²) in [5, 5.41) is 9.12. The van der Waals surface area contributed by atoms with Crippen LogP contribution in [-0.4, -0.2) is 40.9 Å². The maximum absolute atomic E-state index is 12.2. The Morgan fingerprint density at radius 3 is 2.64 bits per heavy atom. The van der Waals surface area contributed by atoms with Gasteiger partial charge in [0.1, 0.15) is 0 Å². The molecule has 0 bridgehead atoms. The number of primary amides is 1. The van der Waals surface area contributed by atoms with E-state index in [1.54, 1.807) is 31.2 Å². The predicted octanol–water partition coefficient (Wildman–Crippen LogP) is 1.78. The lowest BCUT2D eigenvalue weighted by Gasteiger charge is -2.37. The molecule has 1 atom stereocenters. The minimum Gasteiger partial charge on any atom is -0.465 e. The van der Waals surface area contributed by atoms with Gasteiger partial charge in [0.15, 0.2) is 5.78 Å². The number of carbonyl (C=O) groups is 3. The number of nitrogens with zero attached hydrogens (tertiary/aromatic N) is 1. The highest BCUT2D eigenvalue weighted by atomic mass is 16.4. The van der Waals surface area contributed by atoms with Crippen molar-refractivity contribution < 1.29 is 19.5 Å². The van der Waals surface area contributed by atoms with Crippen LogP contribution in [0.1, 0.15) is 42.1 Å². The molecule has 0 spiro atoms. The Morgan fingerprint density at radius 1 is 1.36 bits per heavy atom. The summed E-state index contributed by atoms with van der Waals surface area (Å²) in [5.74, 6) is -0.507. The number of fused-ring (bicyclic) bond motifs is 1. The van der Waals surface area contributed by atoms with Gasteiger partial charge in [-0.15, -0.1) is 0 Å². The first-order valence-electron chi connectivity index (χ1n) is 7.33. The summed E-state index contributed by atoms with van der Waals surface area (Å²) >= 11 is 0. The molecular weight excluding hydrogens is 284 g/mol. The van der Waals surface area contributed by atoms with E-state index in [0.717, 1.165) is 0 Å². The summed E-state index contributed by atoms with van der Waals surface area (Å²) in [6.07, 6.45) is -0.163. The van der Waals surface area contributed by atoms with Gasteiger partial charge in [0.05, 0.1) is 5.41 Å². The molecule has 6 nitrogen and oxygen atoms in total. The molecule has 2 rings (SSSR count). The highest BCUT2D eigenvalue weighted by Crippen LogP contribution is 2.40. The second-order valence-corrected chi connectivity index (χ2v) is 5.53. The van der Waals surface area contributed by atoms with Crippen molar-refractivity contribution in [1.82, 2.24) is 4.90 Å². The minimum absolute atomic E-state index is 0.00180. The first-order valence-corrected chi connectivity index (χ1v) is 7.33. The van der Waals surface area contributed by atoms with Crippen LogP contribution < -0.4 is 5.73 Å². The molecule has 0 heterocycles. The minimum atomic E-state index is -1.03. The Kier molecular flexibility index (Phi) is 4.49. The van der Waals surface area contributed by atoms with Gasteiger partial charge in [0.2, 0.25) is 5.91 Å². The molecule has 1 aromatic rings. The van der Waals surface area contributed by atoms with Crippen LogP contribution in [0.2, 0.25) is 0 Å². The maximum atomic E-state index is 12.2. The third-order valence-corrected chi connectivity index (χ3v) is 4.45. The molecule has 2 amide bonds. The van der Waals surface area contributed by atoms with Crippen LogP contribution in [0, 0.1) is 0 Å². The van der Waals surface area contributed by atoms with E-state index in [1.165, 1.54) is 4.90 Å². The molecule has 22 heavy (non-hydrogen) atoms. The number of hydrogen-bond donors (Lipinski definition) is 2. The molecule has 0 saturated heterocycles. The number of Topliss-reactive ketones (excluding diaryl/α,β-unsaturated/α-hetero) is 1. The van der Waals surface area contributed by atoms with E-state index < -0.39 is 17.4 Å². The third-order valence-electron chi connectivity index (χ3n) is 4.45. The molecular formula is C16H20N2O4. The maximum Gasteiger partial charge on any atom is 0.407 e. The van der Waals surface area contributed by atoms with E-state index in [1.807, 2.05) is 0 Å². The lowest BCUT2D eigenvalue weighted by atomic mass is 9.67. The second kappa shape index (κ2) is 6.17. The Bertz CT molecular complexity index is 614. The average Bonchev–Trinajstić information content (AvgIpc) is 2.50. The zero-order chi connectivity index (χ0) is 16.3. The molecule has 3 N–H and O–H groups in total. The third kappa shape index (κ3) is 2.68. The smallest absolute Gasteiger partial charge is 0.407 e. The Balaban J connectivity index is 2.38. The Hall–Kier alpha value is -2.37. The number of amides is 2. The topological polar surface area (TPSA) is 101 Å². The quantitative estimate of drug-likeness (QED) is 0.865. The van der Waals surface area contributed by atoms with Crippen LogP contribution >= 0.6 is 0 Å². The monoisotopic (exact) mass is 304 g/mol. The molecule has 0 aromatic heterocycles. The lowest BCUT2D eigenvalue weighted by molar-refractivity contribution is -0.124.